The summed E-state index contributed by atoms with van der Waals surface area (Å²) in [5, 5.41) is 0. The molecule has 0 spiro atoms. The van der Waals surface area contributed by atoms with E-state index in [1.54, 1.807) is 6.08 Å². The lowest BCUT2D eigenvalue weighted by atomic mass is 10.1. The molecule has 1 heterocycles. The summed E-state index contributed by atoms with van der Waals surface area (Å²) in [6, 6.07) is 0. The van der Waals surface area contributed by atoms with Gasteiger partial charge in [0, 0.05) is 13.1 Å². The van der Waals surface area contributed by atoms with Crippen molar-refractivity contribution in [2.24, 2.45) is 0 Å². The summed E-state index contributed by atoms with van der Waals surface area (Å²) in [5.41, 5.74) is 1.19. The van der Waals surface area contributed by atoms with Gasteiger partial charge in [-0.05, 0) is 19.0 Å². The van der Waals surface area contributed by atoms with Crippen LogP contribution in [0.2, 0.25) is 0 Å². The summed E-state index contributed by atoms with van der Waals surface area (Å²) < 4.78 is 5.66. The zero-order valence-electron chi connectivity index (χ0n) is 8.91. The van der Waals surface area contributed by atoms with E-state index in [9.17, 15) is 0 Å². The molecule has 2 nitrogen and oxygen atoms in total. The fourth-order valence-corrected chi connectivity index (χ4v) is 1.62. The maximum Gasteiger partial charge on any atom is 0.0742 e. The molecular formula is C12H19NO. The van der Waals surface area contributed by atoms with Crippen molar-refractivity contribution in [2.45, 2.75) is 12.5 Å². The summed E-state index contributed by atoms with van der Waals surface area (Å²) in [6.45, 7) is 10.3. The van der Waals surface area contributed by atoms with Gasteiger partial charge in [-0.1, -0.05) is 31.4 Å². The lowest BCUT2D eigenvalue weighted by Gasteiger charge is -2.30. The molecule has 0 aromatic heterocycles. The first kappa shape index (κ1) is 11.2. The Balaban J connectivity index is 2.45. The van der Waals surface area contributed by atoms with Crippen LogP contribution in [-0.2, 0) is 4.74 Å². The molecule has 1 aliphatic rings. The van der Waals surface area contributed by atoms with Gasteiger partial charge < -0.3 is 9.64 Å². The Kier molecular flexibility index (Phi) is 4.63. The number of hydrogen-bond acceptors (Lipinski definition) is 2. The van der Waals surface area contributed by atoms with Crippen LogP contribution in [0.25, 0.3) is 0 Å². The largest absolute Gasteiger partial charge is 0.375 e. The predicted octanol–water partition coefficient (Wildman–Crippen LogP) is 2.01. The quantitative estimate of drug-likeness (QED) is 0.633. The van der Waals surface area contributed by atoms with Crippen molar-refractivity contribution >= 4 is 0 Å². The minimum atomic E-state index is 0.304. The zero-order valence-corrected chi connectivity index (χ0v) is 8.91. The van der Waals surface area contributed by atoms with E-state index < -0.39 is 0 Å². The first-order chi connectivity index (χ1) is 6.76. The maximum atomic E-state index is 5.66. The molecule has 0 aromatic rings. The van der Waals surface area contributed by atoms with Crippen molar-refractivity contribution in [3.05, 3.63) is 37.0 Å². The van der Waals surface area contributed by atoms with Crippen molar-refractivity contribution in [3.63, 3.8) is 0 Å². The summed E-state index contributed by atoms with van der Waals surface area (Å²) in [7, 11) is 2.13. The van der Waals surface area contributed by atoms with Crippen LogP contribution in [0.4, 0.5) is 0 Å². The number of rotatable bonds is 4. The van der Waals surface area contributed by atoms with Gasteiger partial charge >= 0.3 is 0 Å². The molecule has 0 saturated carbocycles. The number of likely N-dealkylation sites (N-methyl/N-ethyl adjacent to an activating group) is 1. The van der Waals surface area contributed by atoms with E-state index >= 15 is 0 Å². The van der Waals surface area contributed by atoms with Crippen LogP contribution >= 0.6 is 0 Å². The molecular weight excluding hydrogens is 174 g/mol. The molecule has 2 heteroatoms. The highest BCUT2D eigenvalue weighted by Gasteiger charge is 2.17. The molecule has 1 aliphatic heterocycles. The summed E-state index contributed by atoms with van der Waals surface area (Å²) in [4.78, 5) is 2.29. The van der Waals surface area contributed by atoms with Gasteiger partial charge in [-0.3, -0.25) is 0 Å². The van der Waals surface area contributed by atoms with E-state index in [1.807, 2.05) is 12.2 Å². The predicted molar refractivity (Wildman–Crippen MR) is 60.3 cm³/mol. The van der Waals surface area contributed by atoms with Crippen molar-refractivity contribution in [1.29, 1.82) is 0 Å². The molecule has 1 unspecified atom stereocenters. The van der Waals surface area contributed by atoms with Gasteiger partial charge in [-0.25, -0.2) is 0 Å². The Bertz CT molecular complexity index is 232. The molecule has 0 bridgehead atoms. The van der Waals surface area contributed by atoms with Crippen molar-refractivity contribution in [3.8, 4) is 0 Å². The highest BCUT2D eigenvalue weighted by molar-refractivity contribution is 5.21. The van der Waals surface area contributed by atoms with Crippen LogP contribution in [-0.4, -0.2) is 37.7 Å². The lowest BCUT2D eigenvalue weighted by molar-refractivity contribution is -0.0181. The molecule has 78 valence electrons. The number of morpholine rings is 1. The molecule has 1 atom stereocenters. The third-order valence-electron chi connectivity index (χ3n) is 2.40. The highest BCUT2D eigenvalue weighted by Crippen LogP contribution is 2.13. The number of ether oxygens (including phenoxy) is 1. The molecule has 0 N–H and O–H groups in total. The monoisotopic (exact) mass is 193 g/mol. The second-order valence-electron chi connectivity index (χ2n) is 3.64. The Hall–Kier alpha value is -0.860. The van der Waals surface area contributed by atoms with E-state index in [1.165, 1.54) is 5.57 Å². The van der Waals surface area contributed by atoms with E-state index in [-0.39, 0.29) is 0 Å². The van der Waals surface area contributed by atoms with E-state index in [2.05, 4.69) is 25.1 Å². The van der Waals surface area contributed by atoms with Crippen LogP contribution < -0.4 is 0 Å². The van der Waals surface area contributed by atoms with E-state index in [4.69, 9.17) is 4.74 Å². The van der Waals surface area contributed by atoms with Gasteiger partial charge in [0.2, 0.25) is 0 Å². The average Bonchev–Trinajstić information content (AvgIpc) is 2.17. The fourth-order valence-electron chi connectivity index (χ4n) is 1.62. The normalized spacial score (nSPS) is 24.6. The van der Waals surface area contributed by atoms with Crippen molar-refractivity contribution in [1.82, 2.24) is 4.90 Å². The van der Waals surface area contributed by atoms with Gasteiger partial charge in [0.1, 0.15) is 0 Å². The molecule has 0 amide bonds. The maximum absolute atomic E-state index is 5.66. The minimum absolute atomic E-state index is 0.304. The van der Waals surface area contributed by atoms with Crippen LogP contribution in [0.5, 0.6) is 0 Å². The molecule has 1 saturated heterocycles. The van der Waals surface area contributed by atoms with E-state index in [0.717, 1.165) is 26.1 Å². The summed E-state index contributed by atoms with van der Waals surface area (Å²) in [6.07, 6.45) is 6.89. The lowest BCUT2D eigenvalue weighted by Crippen LogP contribution is -2.39. The summed E-state index contributed by atoms with van der Waals surface area (Å²) >= 11 is 0. The molecule has 0 aliphatic carbocycles. The standard InChI is InChI=1S/C12H19NO/c1-4-6-11(5-2)9-12-10-13(3)7-8-14-12/h4-6,12H,1-2,7-10H2,3H3/b11-6+. The molecule has 1 fully saturated rings. The Morgan fingerprint density at radius 2 is 2.36 bits per heavy atom. The number of hydrogen-bond donors (Lipinski definition) is 0. The summed E-state index contributed by atoms with van der Waals surface area (Å²) in [5.74, 6) is 0. The fraction of sp³-hybridized carbons (Fsp3) is 0.500. The molecule has 0 radical (unpaired) electrons. The topological polar surface area (TPSA) is 12.5 Å². The minimum Gasteiger partial charge on any atom is -0.375 e. The zero-order chi connectivity index (χ0) is 10.4. The molecule has 1 rings (SSSR count). The SMILES string of the molecule is C=C/C=C(\C=C)CC1CN(C)CCO1. The van der Waals surface area contributed by atoms with Crippen LogP contribution in [0.1, 0.15) is 6.42 Å². The third-order valence-corrected chi connectivity index (χ3v) is 2.40. The number of nitrogens with zero attached hydrogens (tertiary/aromatic N) is 1. The molecule has 14 heavy (non-hydrogen) atoms. The Morgan fingerprint density at radius 3 is 2.93 bits per heavy atom. The molecule has 0 aromatic carbocycles. The van der Waals surface area contributed by atoms with Gasteiger partial charge in [0.25, 0.3) is 0 Å². The number of allylic oxidation sites excluding steroid dienone is 3. The van der Waals surface area contributed by atoms with E-state index in [0.29, 0.717) is 6.10 Å². The van der Waals surface area contributed by atoms with Crippen LogP contribution in [0.15, 0.2) is 37.0 Å². The highest BCUT2D eigenvalue weighted by atomic mass is 16.5. The smallest absolute Gasteiger partial charge is 0.0742 e. The van der Waals surface area contributed by atoms with Crippen molar-refractivity contribution in [2.75, 3.05) is 26.7 Å². The van der Waals surface area contributed by atoms with Crippen molar-refractivity contribution < 1.29 is 4.74 Å². The average molecular weight is 193 g/mol. The van der Waals surface area contributed by atoms with Gasteiger partial charge in [0.05, 0.1) is 12.7 Å². The van der Waals surface area contributed by atoms with Gasteiger partial charge in [-0.2, -0.15) is 0 Å². The second kappa shape index (κ2) is 5.78. The van der Waals surface area contributed by atoms with Crippen LogP contribution in [0.3, 0.4) is 0 Å². The first-order valence-corrected chi connectivity index (χ1v) is 5.00. The first-order valence-electron chi connectivity index (χ1n) is 5.00. The third kappa shape index (κ3) is 3.48. The Morgan fingerprint density at radius 1 is 1.57 bits per heavy atom. The van der Waals surface area contributed by atoms with Gasteiger partial charge in [-0.15, -0.1) is 0 Å². The Labute approximate surface area is 86.6 Å². The second-order valence-corrected chi connectivity index (χ2v) is 3.64. The van der Waals surface area contributed by atoms with Crippen LogP contribution in [0, 0.1) is 0 Å². The van der Waals surface area contributed by atoms with Gasteiger partial charge in [0.15, 0.2) is 0 Å².